The highest BCUT2D eigenvalue weighted by Crippen LogP contribution is 2.17. The van der Waals surface area contributed by atoms with Crippen LogP contribution >= 0.6 is 11.6 Å². The Morgan fingerprint density at radius 2 is 2.15 bits per heavy atom. The summed E-state index contributed by atoms with van der Waals surface area (Å²) in [5, 5.41) is 0.545. The third kappa shape index (κ3) is 2.95. The first-order valence-electron chi connectivity index (χ1n) is 3.74. The molecule has 70 valence electrons. The first-order chi connectivity index (χ1) is 6.09. The van der Waals surface area contributed by atoms with Crippen molar-refractivity contribution in [1.29, 1.82) is 0 Å². The van der Waals surface area contributed by atoms with E-state index in [1.165, 1.54) is 4.90 Å². The lowest BCUT2D eigenvalue weighted by Gasteiger charge is -2.10. The van der Waals surface area contributed by atoms with Gasteiger partial charge in [0.25, 0.3) is 0 Å². The molecule has 1 rings (SSSR count). The van der Waals surface area contributed by atoms with Crippen molar-refractivity contribution in [2.75, 3.05) is 14.1 Å². The summed E-state index contributed by atoms with van der Waals surface area (Å²) in [6, 6.07) is 6.70. The minimum Gasteiger partial charge on any atom is -0.410 e. The first kappa shape index (κ1) is 9.86. The Morgan fingerprint density at radius 3 is 2.69 bits per heavy atom. The maximum atomic E-state index is 11.1. The van der Waals surface area contributed by atoms with Crippen molar-refractivity contribution in [3.05, 3.63) is 29.3 Å². The molecule has 0 bridgehead atoms. The highest BCUT2D eigenvalue weighted by Gasteiger charge is 2.05. The SMILES string of the molecule is CN(C)C(=O)Oc1cccc(Cl)c1. The van der Waals surface area contributed by atoms with Crippen molar-refractivity contribution in [2.24, 2.45) is 0 Å². The summed E-state index contributed by atoms with van der Waals surface area (Å²) in [6.45, 7) is 0. The van der Waals surface area contributed by atoms with E-state index < -0.39 is 6.09 Å². The molecule has 1 amide bonds. The third-order valence-corrected chi connectivity index (χ3v) is 1.60. The van der Waals surface area contributed by atoms with E-state index >= 15 is 0 Å². The number of halogens is 1. The minimum absolute atomic E-state index is 0.415. The van der Waals surface area contributed by atoms with Crippen molar-refractivity contribution >= 4 is 17.7 Å². The lowest BCUT2D eigenvalue weighted by molar-refractivity contribution is 0.172. The molecule has 1 aromatic rings. The van der Waals surface area contributed by atoms with Crippen LogP contribution in [0.5, 0.6) is 5.75 Å². The molecule has 0 atom stereocenters. The maximum absolute atomic E-state index is 11.1. The second kappa shape index (κ2) is 4.14. The Labute approximate surface area is 81.9 Å². The molecule has 0 radical (unpaired) electrons. The fourth-order valence-corrected chi connectivity index (χ4v) is 0.903. The van der Waals surface area contributed by atoms with E-state index in [1.807, 2.05) is 0 Å². The molecule has 3 nitrogen and oxygen atoms in total. The van der Waals surface area contributed by atoms with Crippen LogP contribution in [0.4, 0.5) is 4.79 Å². The Bertz CT molecular complexity index is 312. The zero-order chi connectivity index (χ0) is 9.84. The summed E-state index contributed by atoms with van der Waals surface area (Å²) >= 11 is 5.70. The van der Waals surface area contributed by atoms with Gasteiger partial charge in [0.15, 0.2) is 0 Å². The lowest BCUT2D eigenvalue weighted by atomic mass is 10.3. The highest BCUT2D eigenvalue weighted by molar-refractivity contribution is 6.30. The number of carbonyl (C=O) groups is 1. The van der Waals surface area contributed by atoms with Crippen LogP contribution in [-0.4, -0.2) is 25.1 Å². The molecule has 0 N–H and O–H groups in total. The second-order valence-corrected chi connectivity index (χ2v) is 3.16. The quantitative estimate of drug-likeness (QED) is 0.695. The van der Waals surface area contributed by atoms with Crippen molar-refractivity contribution in [3.63, 3.8) is 0 Å². The average molecular weight is 200 g/mol. The predicted octanol–water partition coefficient (Wildman–Crippen LogP) is 2.40. The van der Waals surface area contributed by atoms with Crippen LogP contribution in [0.3, 0.4) is 0 Å². The number of hydrogen-bond acceptors (Lipinski definition) is 2. The molecular weight excluding hydrogens is 190 g/mol. The number of hydrogen-bond donors (Lipinski definition) is 0. The first-order valence-corrected chi connectivity index (χ1v) is 4.12. The molecule has 0 aliphatic heterocycles. The second-order valence-electron chi connectivity index (χ2n) is 2.72. The van der Waals surface area contributed by atoms with Crippen LogP contribution in [0, 0.1) is 0 Å². The molecule has 0 fully saturated rings. The number of ether oxygens (including phenoxy) is 1. The summed E-state index contributed by atoms with van der Waals surface area (Å²) < 4.78 is 4.96. The van der Waals surface area contributed by atoms with E-state index in [-0.39, 0.29) is 0 Å². The zero-order valence-corrected chi connectivity index (χ0v) is 8.21. The normalized spacial score (nSPS) is 9.46. The topological polar surface area (TPSA) is 29.5 Å². The van der Waals surface area contributed by atoms with E-state index in [0.717, 1.165) is 0 Å². The molecule has 4 heteroatoms. The van der Waals surface area contributed by atoms with Gasteiger partial charge in [-0.05, 0) is 18.2 Å². The van der Waals surface area contributed by atoms with Gasteiger partial charge in [-0.1, -0.05) is 17.7 Å². The third-order valence-electron chi connectivity index (χ3n) is 1.37. The van der Waals surface area contributed by atoms with Gasteiger partial charge in [0.1, 0.15) is 5.75 Å². The summed E-state index contributed by atoms with van der Waals surface area (Å²) in [6.07, 6.45) is -0.415. The minimum atomic E-state index is -0.415. The summed E-state index contributed by atoms with van der Waals surface area (Å²) in [4.78, 5) is 12.4. The van der Waals surface area contributed by atoms with E-state index in [4.69, 9.17) is 16.3 Å². The molecule has 0 aliphatic carbocycles. The summed E-state index contributed by atoms with van der Waals surface area (Å²) in [5.41, 5.74) is 0. The van der Waals surface area contributed by atoms with Gasteiger partial charge in [-0.15, -0.1) is 0 Å². The Morgan fingerprint density at radius 1 is 1.46 bits per heavy atom. The van der Waals surface area contributed by atoms with Crippen molar-refractivity contribution < 1.29 is 9.53 Å². The van der Waals surface area contributed by atoms with Gasteiger partial charge < -0.3 is 9.64 Å². The average Bonchev–Trinajstić information content (AvgIpc) is 2.04. The monoisotopic (exact) mass is 199 g/mol. The largest absolute Gasteiger partial charge is 0.414 e. The van der Waals surface area contributed by atoms with Crippen LogP contribution in [0.15, 0.2) is 24.3 Å². The number of rotatable bonds is 1. The van der Waals surface area contributed by atoms with Crippen LogP contribution < -0.4 is 4.74 Å². The molecule has 0 saturated heterocycles. The maximum Gasteiger partial charge on any atom is 0.414 e. The molecule has 13 heavy (non-hydrogen) atoms. The van der Waals surface area contributed by atoms with Gasteiger partial charge in [-0.2, -0.15) is 0 Å². The zero-order valence-electron chi connectivity index (χ0n) is 7.45. The molecule has 1 aromatic carbocycles. The van der Waals surface area contributed by atoms with E-state index in [1.54, 1.807) is 38.4 Å². The van der Waals surface area contributed by atoms with Crippen molar-refractivity contribution in [2.45, 2.75) is 0 Å². The van der Waals surface area contributed by atoms with E-state index in [9.17, 15) is 4.79 Å². The fourth-order valence-electron chi connectivity index (χ4n) is 0.723. The van der Waals surface area contributed by atoms with Crippen molar-refractivity contribution in [1.82, 2.24) is 4.90 Å². The van der Waals surface area contributed by atoms with Gasteiger partial charge in [-0.3, -0.25) is 0 Å². The van der Waals surface area contributed by atoms with Crippen LogP contribution in [0.1, 0.15) is 0 Å². The summed E-state index contributed by atoms with van der Waals surface area (Å²) in [7, 11) is 3.24. The Kier molecular flexibility index (Phi) is 3.14. The number of amides is 1. The highest BCUT2D eigenvalue weighted by atomic mass is 35.5. The smallest absolute Gasteiger partial charge is 0.410 e. The van der Waals surface area contributed by atoms with Crippen LogP contribution in [-0.2, 0) is 0 Å². The Balaban J connectivity index is 2.69. The Hall–Kier alpha value is -1.22. The molecule has 0 aliphatic rings. The molecule has 0 unspecified atom stereocenters. The van der Waals surface area contributed by atoms with Crippen molar-refractivity contribution in [3.8, 4) is 5.75 Å². The van der Waals surface area contributed by atoms with Gasteiger partial charge in [0, 0.05) is 19.1 Å². The number of benzene rings is 1. The van der Waals surface area contributed by atoms with E-state index in [0.29, 0.717) is 10.8 Å². The van der Waals surface area contributed by atoms with Gasteiger partial charge >= 0.3 is 6.09 Å². The fraction of sp³-hybridized carbons (Fsp3) is 0.222. The standard InChI is InChI=1S/C9H10ClNO2/c1-11(2)9(12)13-8-5-3-4-7(10)6-8/h3-6H,1-2H3. The van der Waals surface area contributed by atoms with E-state index in [2.05, 4.69) is 0 Å². The van der Waals surface area contributed by atoms with Gasteiger partial charge in [0.05, 0.1) is 0 Å². The lowest BCUT2D eigenvalue weighted by Crippen LogP contribution is -2.25. The van der Waals surface area contributed by atoms with Gasteiger partial charge in [-0.25, -0.2) is 4.79 Å². The molecular formula is C9H10ClNO2. The summed E-state index contributed by atoms with van der Waals surface area (Å²) in [5.74, 6) is 0.450. The van der Waals surface area contributed by atoms with Gasteiger partial charge in [0.2, 0.25) is 0 Å². The molecule has 0 saturated carbocycles. The number of nitrogens with zero attached hydrogens (tertiary/aromatic N) is 1. The molecule has 0 aromatic heterocycles. The van der Waals surface area contributed by atoms with Crippen LogP contribution in [0.25, 0.3) is 0 Å². The van der Waals surface area contributed by atoms with Crippen LogP contribution in [0.2, 0.25) is 5.02 Å². The predicted molar refractivity (Wildman–Crippen MR) is 51.2 cm³/mol. The number of carbonyl (C=O) groups excluding carboxylic acids is 1. The molecule has 0 spiro atoms. The molecule has 0 heterocycles.